The van der Waals surface area contributed by atoms with E-state index in [2.05, 4.69) is 11.3 Å². The molecular weight excluding hydrogens is 266 g/mol. The summed E-state index contributed by atoms with van der Waals surface area (Å²) in [4.78, 5) is 11.1. The van der Waals surface area contributed by atoms with E-state index in [1.54, 1.807) is 19.1 Å². The van der Waals surface area contributed by atoms with Crippen molar-refractivity contribution in [2.75, 3.05) is 0 Å². The lowest BCUT2D eigenvalue weighted by Crippen LogP contribution is -2.40. The van der Waals surface area contributed by atoms with Crippen LogP contribution in [0.5, 0.6) is 0 Å². The molecule has 0 heterocycles. The first kappa shape index (κ1) is 15.4. The van der Waals surface area contributed by atoms with Gasteiger partial charge in [0.15, 0.2) is 0 Å². The van der Waals surface area contributed by atoms with Crippen LogP contribution in [0.2, 0.25) is 0 Å². The van der Waals surface area contributed by atoms with Crippen molar-refractivity contribution in [2.24, 2.45) is 0 Å². The normalized spacial score (nSPS) is 12.9. The molecule has 0 saturated heterocycles. The molecule has 0 spiro atoms. The molecule has 0 saturated carbocycles. The van der Waals surface area contributed by atoms with Crippen LogP contribution in [0.25, 0.3) is 0 Å². The van der Waals surface area contributed by atoms with E-state index in [0.717, 1.165) is 5.56 Å². The number of nitrogens with one attached hydrogen (secondary N) is 1. The summed E-state index contributed by atoms with van der Waals surface area (Å²) in [5.41, 5.74) is 1.52. The van der Waals surface area contributed by atoms with Gasteiger partial charge in [0.1, 0.15) is 6.04 Å². The molecule has 1 aromatic rings. The third-order valence-corrected chi connectivity index (χ3v) is 4.25. The Kier molecular flexibility index (Phi) is 4.85. The molecule has 1 aromatic carbocycles. The maximum absolute atomic E-state index is 12.1. The standard InChI is InChI=1S/C13H17NO4S/c1-4-5-11(13(15)16)14-19(17,18)12-7-6-9(2)8-10(12)3/h4,6-8,11,14H,1,5H2,2-3H3,(H,15,16). The quantitative estimate of drug-likeness (QED) is 0.777. The molecule has 0 amide bonds. The van der Waals surface area contributed by atoms with Crippen molar-refractivity contribution in [3.05, 3.63) is 42.0 Å². The fraction of sp³-hybridized carbons (Fsp3) is 0.308. The van der Waals surface area contributed by atoms with Gasteiger partial charge in [-0.15, -0.1) is 6.58 Å². The van der Waals surface area contributed by atoms with Crippen LogP contribution in [0.3, 0.4) is 0 Å². The van der Waals surface area contributed by atoms with E-state index < -0.39 is 22.0 Å². The molecule has 6 heteroatoms. The highest BCUT2D eigenvalue weighted by atomic mass is 32.2. The highest BCUT2D eigenvalue weighted by Crippen LogP contribution is 2.17. The van der Waals surface area contributed by atoms with Crippen molar-refractivity contribution in [2.45, 2.75) is 31.2 Å². The van der Waals surface area contributed by atoms with Crippen molar-refractivity contribution in [3.8, 4) is 0 Å². The summed E-state index contributed by atoms with van der Waals surface area (Å²) >= 11 is 0. The summed E-state index contributed by atoms with van der Waals surface area (Å²) < 4.78 is 26.5. The first-order valence-corrected chi connectivity index (χ1v) is 7.19. The summed E-state index contributed by atoms with van der Waals surface area (Å²) in [6, 6.07) is 3.67. The third-order valence-electron chi connectivity index (χ3n) is 2.62. The molecule has 19 heavy (non-hydrogen) atoms. The zero-order valence-electron chi connectivity index (χ0n) is 10.9. The molecule has 1 rings (SSSR count). The number of hydrogen-bond donors (Lipinski definition) is 2. The SMILES string of the molecule is C=CCC(NS(=O)(=O)c1ccc(C)cc1C)C(=O)O. The number of hydrogen-bond acceptors (Lipinski definition) is 3. The smallest absolute Gasteiger partial charge is 0.322 e. The summed E-state index contributed by atoms with van der Waals surface area (Å²) in [6.07, 6.45) is 1.39. The Morgan fingerprint density at radius 2 is 2.11 bits per heavy atom. The maximum atomic E-state index is 12.1. The van der Waals surface area contributed by atoms with Crippen LogP contribution in [0.4, 0.5) is 0 Å². The number of carboxylic acid groups (broad SMARTS) is 1. The van der Waals surface area contributed by atoms with Gasteiger partial charge in [-0.05, 0) is 31.9 Å². The van der Waals surface area contributed by atoms with E-state index in [1.807, 2.05) is 6.92 Å². The van der Waals surface area contributed by atoms with Crippen LogP contribution in [-0.4, -0.2) is 25.5 Å². The van der Waals surface area contributed by atoms with Gasteiger partial charge in [-0.2, -0.15) is 4.72 Å². The molecule has 1 unspecified atom stereocenters. The largest absolute Gasteiger partial charge is 0.480 e. The third kappa shape index (κ3) is 3.90. The van der Waals surface area contributed by atoms with Gasteiger partial charge in [-0.3, -0.25) is 4.79 Å². The van der Waals surface area contributed by atoms with Gasteiger partial charge in [0.05, 0.1) is 4.90 Å². The first-order chi connectivity index (χ1) is 8.77. The Morgan fingerprint density at radius 1 is 1.47 bits per heavy atom. The number of carbonyl (C=O) groups is 1. The average Bonchev–Trinajstić information content (AvgIpc) is 2.27. The van der Waals surface area contributed by atoms with Crippen LogP contribution < -0.4 is 4.72 Å². The molecule has 0 aliphatic carbocycles. The van der Waals surface area contributed by atoms with Gasteiger partial charge in [-0.1, -0.05) is 23.8 Å². The predicted octanol–water partition coefficient (Wildman–Crippen LogP) is 1.61. The Balaban J connectivity index is 3.09. The van der Waals surface area contributed by atoms with Gasteiger partial charge in [0.25, 0.3) is 0 Å². The fourth-order valence-electron chi connectivity index (χ4n) is 1.72. The summed E-state index contributed by atoms with van der Waals surface area (Å²) in [6.45, 7) is 6.94. The molecule has 0 bridgehead atoms. The van der Waals surface area contributed by atoms with E-state index in [-0.39, 0.29) is 11.3 Å². The van der Waals surface area contributed by atoms with Crippen molar-refractivity contribution < 1.29 is 18.3 Å². The minimum absolute atomic E-state index is 0.0273. The molecule has 5 nitrogen and oxygen atoms in total. The second-order valence-electron chi connectivity index (χ2n) is 4.31. The van der Waals surface area contributed by atoms with Gasteiger partial charge in [-0.25, -0.2) is 8.42 Å². The van der Waals surface area contributed by atoms with Gasteiger partial charge < -0.3 is 5.11 Å². The Morgan fingerprint density at radius 3 is 2.58 bits per heavy atom. The molecule has 2 N–H and O–H groups in total. The summed E-state index contributed by atoms with van der Waals surface area (Å²) in [5, 5.41) is 8.95. The molecular formula is C13H17NO4S. The highest BCUT2D eigenvalue weighted by molar-refractivity contribution is 7.89. The molecule has 0 aromatic heterocycles. The second kappa shape index (κ2) is 5.99. The van der Waals surface area contributed by atoms with E-state index in [0.29, 0.717) is 5.56 Å². The molecule has 104 valence electrons. The van der Waals surface area contributed by atoms with Gasteiger partial charge in [0.2, 0.25) is 10.0 Å². The molecule has 0 fully saturated rings. The van der Waals surface area contributed by atoms with Crippen molar-refractivity contribution in [1.29, 1.82) is 0 Å². The Hall–Kier alpha value is -1.66. The number of benzene rings is 1. The Labute approximate surface area is 113 Å². The lowest BCUT2D eigenvalue weighted by Gasteiger charge is -2.14. The number of aryl methyl sites for hydroxylation is 2. The zero-order chi connectivity index (χ0) is 14.6. The highest BCUT2D eigenvalue weighted by Gasteiger charge is 2.25. The van der Waals surface area contributed by atoms with E-state index >= 15 is 0 Å². The predicted molar refractivity (Wildman–Crippen MR) is 72.5 cm³/mol. The molecule has 0 aliphatic heterocycles. The number of carboxylic acids is 1. The first-order valence-electron chi connectivity index (χ1n) is 5.71. The lowest BCUT2D eigenvalue weighted by atomic mass is 10.2. The van der Waals surface area contributed by atoms with Crippen LogP contribution in [0, 0.1) is 13.8 Å². The average molecular weight is 283 g/mol. The number of sulfonamides is 1. The van der Waals surface area contributed by atoms with Crippen LogP contribution in [-0.2, 0) is 14.8 Å². The van der Waals surface area contributed by atoms with E-state index in [1.165, 1.54) is 12.1 Å². The van der Waals surface area contributed by atoms with Crippen LogP contribution in [0.1, 0.15) is 17.5 Å². The van der Waals surface area contributed by atoms with Gasteiger partial charge >= 0.3 is 5.97 Å². The van der Waals surface area contributed by atoms with Crippen molar-refractivity contribution in [1.82, 2.24) is 4.72 Å². The molecule has 1 atom stereocenters. The minimum Gasteiger partial charge on any atom is -0.480 e. The fourth-order valence-corrected chi connectivity index (χ4v) is 3.15. The topological polar surface area (TPSA) is 83.5 Å². The number of aliphatic carboxylic acids is 1. The minimum atomic E-state index is -3.85. The van der Waals surface area contributed by atoms with Crippen molar-refractivity contribution in [3.63, 3.8) is 0 Å². The van der Waals surface area contributed by atoms with E-state index in [4.69, 9.17) is 5.11 Å². The monoisotopic (exact) mass is 283 g/mol. The molecule has 0 aliphatic rings. The lowest BCUT2D eigenvalue weighted by molar-refractivity contribution is -0.138. The van der Waals surface area contributed by atoms with Crippen LogP contribution >= 0.6 is 0 Å². The number of rotatable bonds is 6. The Bertz CT molecular complexity index is 593. The van der Waals surface area contributed by atoms with Gasteiger partial charge in [0, 0.05) is 0 Å². The molecule has 0 radical (unpaired) electrons. The van der Waals surface area contributed by atoms with Crippen LogP contribution in [0.15, 0.2) is 35.7 Å². The maximum Gasteiger partial charge on any atom is 0.322 e. The van der Waals surface area contributed by atoms with Crippen molar-refractivity contribution >= 4 is 16.0 Å². The summed E-state index contributed by atoms with van der Waals surface area (Å²) in [5.74, 6) is -1.23. The van der Waals surface area contributed by atoms with E-state index in [9.17, 15) is 13.2 Å². The summed E-state index contributed by atoms with van der Waals surface area (Å²) in [7, 11) is -3.85. The second-order valence-corrected chi connectivity index (χ2v) is 5.99. The zero-order valence-corrected chi connectivity index (χ0v) is 11.7.